The Hall–Kier alpha value is -3.14. The van der Waals surface area contributed by atoms with Gasteiger partial charge in [0, 0.05) is 19.2 Å². The van der Waals surface area contributed by atoms with Crippen LogP contribution in [0.2, 0.25) is 0 Å². The Balaban J connectivity index is 2.10. The Morgan fingerprint density at radius 2 is 1.81 bits per heavy atom. The first-order valence-electron chi connectivity index (χ1n) is 8.21. The molecule has 2 rings (SSSR count). The number of aromatic nitrogens is 1. The van der Waals surface area contributed by atoms with Gasteiger partial charge in [0.05, 0.1) is 34.0 Å². The topological polar surface area (TPSA) is 85.6 Å². The highest BCUT2D eigenvalue weighted by molar-refractivity contribution is 5.55. The van der Waals surface area contributed by atoms with E-state index in [9.17, 15) is 0 Å². The summed E-state index contributed by atoms with van der Waals surface area (Å²) in [6.07, 6.45) is 2.84. The van der Waals surface area contributed by atoms with Crippen LogP contribution >= 0.6 is 0 Å². The zero-order valence-corrected chi connectivity index (χ0v) is 15.2. The molecule has 0 spiro atoms. The van der Waals surface area contributed by atoms with E-state index >= 15 is 0 Å². The van der Waals surface area contributed by atoms with E-state index in [0.717, 1.165) is 5.56 Å². The van der Waals surface area contributed by atoms with E-state index in [1.54, 1.807) is 27.5 Å². The Kier molecular flexibility index (Phi) is 7.37. The van der Waals surface area contributed by atoms with E-state index in [1.165, 1.54) is 0 Å². The van der Waals surface area contributed by atoms with Crippen molar-refractivity contribution in [3.63, 3.8) is 0 Å². The quantitative estimate of drug-likeness (QED) is 0.652. The highest BCUT2D eigenvalue weighted by atomic mass is 16.5. The van der Waals surface area contributed by atoms with Gasteiger partial charge in [0.15, 0.2) is 23.1 Å². The zero-order valence-electron chi connectivity index (χ0n) is 15.2. The molecule has 0 aliphatic rings. The Bertz CT molecular complexity index is 734. The van der Waals surface area contributed by atoms with Crippen molar-refractivity contribution in [3.8, 4) is 29.1 Å². The molecule has 0 aliphatic heterocycles. The maximum absolute atomic E-state index is 8.59. The molecule has 1 heterocycles. The van der Waals surface area contributed by atoms with Crippen LogP contribution in [0.4, 0.5) is 5.82 Å². The summed E-state index contributed by atoms with van der Waals surface area (Å²) in [7, 11) is 4.74. The smallest absolute Gasteiger partial charge is 0.203 e. The predicted octanol–water partition coefficient (Wildman–Crippen LogP) is 3.40. The van der Waals surface area contributed by atoms with Gasteiger partial charge in [0.2, 0.25) is 5.75 Å². The maximum atomic E-state index is 8.59. The number of hydrogen-bond donors (Lipinski definition) is 1. The number of hydrogen-bond acceptors (Lipinski definition) is 7. The molecule has 2 aromatic rings. The fourth-order valence-corrected chi connectivity index (χ4v) is 2.40. The van der Waals surface area contributed by atoms with Gasteiger partial charge in [-0.2, -0.15) is 5.26 Å². The zero-order chi connectivity index (χ0) is 18.8. The number of rotatable bonds is 10. The van der Waals surface area contributed by atoms with E-state index in [-0.39, 0.29) is 0 Å². The summed E-state index contributed by atoms with van der Waals surface area (Å²) in [6.45, 7) is 0.973. The molecular weight excluding hydrogens is 334 g/mol. The minimum Gasteiger partial charge on any atom is -0.493 e. The van der Waals surface area contributed by atoms with Crippen molar-refractivity contribution >= 4 is 5.82 Å². The molecule has 0 amide bonds. The molecular formula is C19H23N3O4. The van der Waals surface area contributed by atoms with Gasteiger partial charge in [-0.1, -0.05) is 0 Å². The number of nitrogens with one attached hydrogen (secondary N) is 1. The molecule has 1 aromatic carbocycles. The molecule has 1 aromatic heterocycles. The van der Waals surface area contributed by atoms with Crippen molar-refractivity contribution in [2.24, 2.45) is 0 Å². The van der Waals surface area contributed by atoms with Gasteiger partial charge in [0.1, 0.15) is 0 Å². The van der Waals surface area contributed by atoms with E-state index in [4.69, 9.17) is 24.2 Å². The molecule has 0 saturated heterocycles. The predicted molar refractivity (Wildman–Crippen MR) is 98.0 cm³/mol. The fraction of sp³-hybridized carbons (Fsp3) is 0.368. The fourth-order valence-electron chi connectivity index (χ4n) is 2.40. The number of unbranched alkanes of at least 4 members (excludes halogenated alkanes) is 1. The molecule has 0 atom stereocenters. The van der Waals surface area contributed by atoms with Crippen LogP contribution < -0.4 is 24.3 Å². The number of methoxy groups -OCH3 is 3. The van der Waals surface area contributed by atoms with Crippen LogP contribution in [0.3, 0.4) is 0 Å². The molecule has 7 heteroatoms. The van der Waals surface area contributed by atoms with Crippen molar-refractivity contribution in [1.29, 1.82) is 5.26 Å². The van der Waals surface area contributed by atoms with Gasteiger partial charge < -0.3 is 24.3 Å². The Morgan fingerprint density at radius 1 is 1.08 bits per heavy atom. The summed E-state index contributed by atoms with van der Waals surface area (Å²) < 4.78 is 21.8. The van der Waals surface area contributed by atoms with Gasteiger partial charge in [-0.25, -0.2) is 4.98 Å². The maximum Gasteiger partial charge on any atom is 0.203 e. The lowest BCUT2D eigenvalue weighted by atomic mass is 10.1. The average molecular weight is 357 g/mol. The molecule has 0 radical (unpaired) electrons. The lowest BCUT2D eigenvalue weighted by Gasteiger charge is -2.15. The Morgan fingerprint density at radius 3 is 2.42 bits per heavy atom. The Labute approximate surface area is 153 Å². The first-order chi connectivity index (χ1) is 12.7. The van der Waals surface area contributed by atoms with Crippen LogP contribution in [-0.4, -0.2) is 32.9 Å². The van der Waals surface area contributed by atoms with Crippen molar-refractivity contribution in [1.82, 2.24) is 4.98 Å². The molecule has 0 bridgehead atoms. The number of ether oxygens (including phenoxy) is 4. The molecule has 0 fully saturated rings. The highest BCUT2D eigenvalue weighted by Gasteiger charge is 2.13. The lowest BCUT2D eigenvalue weighted by Crippen LogP contribution is -2.06. The summed E-state index contributed by atoms with van der Waals surface area (Å²) in [6, 6.07) is 9.51. The number of nitrogens with zero attached hydrogens (tertiary/aromatic N) is 2. The molecule has 26 heavy (non-hydrogen) atoms. The molecule has 0 saturated carbocycles. The minimum atomic E-state index is 0.467. The van der Waals surface area contributed by atoms with Crippen LogP contribution in [0.1, 0.15) is 18.4 Å². The molecule has 138 valence electrons. The third kappa shape index (κ3) is 4.93. The van der Waals surface area contributed by atoms with Crippen LogP contribution in [0.15, 0.2) is 30.5 Å². The van der Waals surface area contributed by atoms with Gasteiger partial charge >= 0.3 is 0 Å². The normalized spacial score (nSPS) is 9.92. The van der Waals surface area contributed by atoms with E-state index in [1.807, 2.05) is 24.3 Å². The summed E-state index contributed by atoms with van der Waals surface area (Å²) in [5.41, 5.74) is 0.945. The second kappa shape index (κ2) is 9.99. The lowest BCUT2D eigenvalue weighted by molar-refractivity contribution is 0.313. The van der Waals surface area contributed by atoms with Crippen molar-refractivity contribution in [2.75, 3.05) is 33.3 Å². The SMILES string of the molecule is COc1cc(CNc2ncccc2OCCCC#N)cc(OC)c1OC. The summed E-state index contributed by atoms with van der Waals surface area (Å²) in [5.74, 6) is 3.03. The second-order valence-corrected chi connectivity index (χ2v) is 5.35. The van der Waals surface area contributed by atoms with Crippen molar-refractivity contribution in [2.45, 2.75) is 19.4 Å². The van der Waals surface area contributed by atoms with Gasteiger partial charge in [-0.05, 0) is 36.2 Å². The highest BCUT2D eigenvalue weighted by Crippen LogP contribution is 2.38. The van der Waals surface area contributed by atoms with Gasteiger partial charge in [-0.3, -0.25) is 0 Å². The third-order valence-corrected chi connectivity index (χ3v) is 3.65. The van der Waals surface area contributed by atoms with E-state index in [2.05, 4.69) is 16.4 Å². The summed E-state index contributed by atoms with van der Waals surface area (Å²) in [4.78, 5) is 4.32. The summed E-state index contributed by atoms with van der Waals surface area (Å²) in [5, 5.41) is 11.8. The van der Waals surface area contributed by atoms with Crippen molar-refractivity contribution in [3.05, 3.63) is 36.0 Å². The molecule has 7 nitrogen and oxygen atoms in total. The number of nitriles is 1. The largest absolute Gasteiger partial charge is 0.493 e. The van der Waals surface area contributed by atoms with Gasteiger partial charge in [-0.15, -0.1) is 0 Å². The van der Waals surface area contributed by atoms with E-state index in [0.29, 0.717) is 54.8 Å². The molecule has 0 unspecified atom stereocenters. The number of benzene rings is 1. The average Bonchev–Trinajstić information content (AvgIpc) is 2.69. The van der Waals surface area contributed by atoms with Gasteiger partial charge in [0.25, 0.3) is 0 Å². The number of pyridine rings is 1. The monoisotopic (exact) mass is 357 g/mol. The third-order valence-electron chi connectivity index (χ3n) is 3.65. The first kappa shape index (κ1) is 19.2. The van der Waals surface area contributed by atoms with Crippen molar-refractivity contribution < 1.29 is 18.9 Å². The van der Waals surface area contributed by atoms with Crippen LogP contribution in [0.25, 0.3) is 0 Å². The number of anilines is 1. The van der Waals surface area contributed by atoms with Crippen LogP contribution in [-0.2, 0) is 6.54 Å². The summed E-state index contributed by atoms with van der Waals surface area (Å²) >= 11 is 0. The standard InChI is InChI=1S/C19H23N3O4/c1-23-16-11-14(12-17(24-2)18(16)25-3)13-22-19-15(7-6-9-21-19)26-10-5-4-8-20/h6-7,9,11-12H,4-5,10,13H2,1-3H3,(H,21,22). The molecule has 0 aliphatic carbocycles. The second-order valence-electron chi connectivity index (χ2n) is 5.35. The minimum absolute atomic E-state index is 0.467. The van der Waals surface area contributed by atoms with E-state index < -0.39 is 0 Å². The first-order valence-corrected chi connectivity index (χ1v) is 8.21. The molecule has 1 N–H and O–H groups in total. The van der Waals surface area contributed by atoms with Crippen LogP contribution in [0, 0.1) is 11.3 Å². The van der Waals surface area contributed by atoms with Crippen LogP contribution in [0.5, 0.6) is 23.0 Å².